The summed E-state index contributed by atoms with van der Waals surface area (Å²) in [5.41, 5.74) is 1.22. The van der Waals surface area contributed by atoms with E-state index in [1.54, 1.807) is 11.3 Å². The Bertz CT molecular complexity index is 476. The van der Waals surface area contributed by atoms with E-state index in [0.717, 1.165) is 32.1 Å². The van der Waals surface area contributed by atoms with Gasteiger partial charge in [-0.3, -0.25) is 9.89 Å². The molecule has 5 nitrogen and oxygen atoms in total. The number of hydrogen-bond donors (Lipinski definition) is 0. The Morgan fingerprint density at radius 2 is 1.91 bits per heavy atom. The van der Waals surface area contributed by atoms with E-state index in [4.69, 9.17) is 4.99 Å². The molecule has 0 spiro atoms. The first kappa shape index (κ1) is 17.2. The monoisotopic (exact) mass is 323 g/mol. The van der Waals surface area contributed by atoms with Crippen LogP contribution in [0, 0.1) is 12.8 Å². The van der Waals surface area contributed by atoms with Gasteiger partial charge in [0.25, 0.3) is 0 Å². The van der Waals surface area contributed by atoms with Crippen LogP contribution in [0.25, 0.3) is 0 Å². The van der Waals surface area contributed by atoms with Crippen LogP contribution in [0.5, 0.6) is 0 Å². The fraction of sp³-hybridized carbons (Fsp3) is 0.750. The molecule has 0 N–H and O–H groups in total. The number of likely N-dealkylation sites (tertiary alicyclic amines) is 1. The minimum atomic E-state index is 0.711. The Kier molecular flexibility index (Phi) is 6.20. The van der Waals surface area contributed by atoms with Crippen LogP contribution < -0.4 is 0 Å². The Morgan fingerprint density at radius 1 is 1.27 bits per heavy atom. The fourth-order valence-electron chi connectivity index (χ4n) is 2.93. The van der Waals surface area contributed by atoms with Gasteiger partial charge in [-0.2, -0.15) is 0 Å². The molecule has 0 bridgehead atoms. The van der Waals surface area contributed by atoms with Crippen LogP contribution >= 0.6 is 11.3 Å². The van der Waals surface area contributed by atoms with Crippen molar-refractivity contribution in [3.63, 3.8) is 0 Å². The maximum absolute atomic E-state index is 4.80. The summed E-state index contributed by atoms with van der Waals surface area (Å²) in [5, 5.41) is 3.35. The van der Waals surface area contributed by atoms with Gasteiger partial charge < -0.3 is 9.80 Å². The van der Waals surface area contributed by atoms with Crippen LogP contribution in [0.2, 0.25) is 0 Å². The highest BCUT2D eigenvalue weighted by Gasteiger charge is 2.20. The lowest BCUT2D eigenvalue weighted by Gasteiger charge is -2.31. The van der Waals surface area contributed by atoms with Crippen molar-refractivity contribution in [2.24, 2.45) is 10.9 Å². The molecule has 1 aliphatic rings. The summed E-state index contributed by atoms with van der Waals surface area (Å²) in [4.78, 5) is 16.1. The zero-order valence-electron chi connectivity index (χ0n) is 14.5. The quantitative estimate of drug-likeness (QED) is 0.628. The van der Waals surface area contributed by atoms with Crippen molar-refractivity contribution >= 4 is 17.3 Å². The number of aliphatic imine (C=N–C) groups is 1. The molecular formula is C16H29N5S. The Morgan fingerprint density at radius 3 is 2.41 bits per heavy atom. The second-order valence-electron chi connectivity index (χ2n) is 6.51. The predicted octanol–water partition coefficient (Wildman–Crippen LogP) is 2.14. The number of guanidine groups is 1. The molecule has 0 atom stereocenters. The molecule has 1 saturated heterocycles. The van der Waals surface area contributed by atoms with Crippen molar-refractivity contribution < 1.29 is 0 Å². The molecule has 0 aliphatic carbocycles. The lowest BCUT2D eigenvalue weighted by molar-refractivity contribution is 0.179. The van der Waals surface area contributed by atoms with Gasteiger partial charge in [0.15, 0.2) is 5.96 Å². The van der Waals surface area contributed by atoms with Gasteiger partial charge in [-0.05, 0) is 38.8 Å². The molecule has 0 saturated carbocycles. The molecule has 1 aliphatic heterocycles. The molecule has 124 valence electrons. The van der Waals surface area contributed by atoms with E-state index in [1.165, 1.54) is 23.5 Å². The Hall–Kier alpha value is -1.14. The van der Waals surface area contributed by atoms with E-state index >= 15 is 0 Å². The van der Waals surface area contributed by atoms with Gasteiger partial charge in [0.05, 0.1) is 10.7 Å². The van der Waals surface area contributed by atoms with Gasteiger partial charge in [-0.1, -0.05) is 0 Å². The molecule has 0 unspecified atom stereocenters. The van der Waals surface area contributed by atoms with Gasteiger partial charge in [0.2, 0.25) is 0 Å². The third-order valence-electron chi connectivity index (χ3n) is 4.05. The van der Waals surface area contributed by atoms with E-state index in [9.17, 15) is 0 Å². The summed E-state index contributed by atoms with van der Waals surface area (Å²) in [6, 6.07) is 0. The van der Waals surface area contributed by atoms with Gasteiger partial charge >= 0.3 is 0 Å². The molecule has 1 fully saturated rings. The van der Waals surface area contributed by atoms with Crippen LogP contribution in [-0.2, 0) is 6.54 Å². The molecule has 0 aromatic carbocycles. The van der Waals surface area contributed by atoms with Gasteiger partial charge in [0, 0.05) is 46.7 Å². The van der Waals surface area contributed by atoms with Crippen LogP contribution in [0.4, 0.5) is 0 Å². The lowest BCUT2D eigenvalue weighted by Crippen LogP contribution is -2.37. The van der Waals surface area contributed by atoms with Crippen LogP contribution in [0.1, 0.15) is 23.5 Å². The molecule has 1 aromatic rings. The Balaban J connectivity index is 1.78. The third-order valence-corrected chi connectivity index (χ3v) is 4.87. The minimum absolute atomic E-state index is 0.711. The van der Waals surface area contributed by atoms with E-state index in [-0.39, 0.29) is 0 Å². The molecule has 2 rings (SSSR count). The SMILES string of the molecule is Cc1nc(CN2CCC(CN=C(N(C)C)N(C)C)CC2)cs1. The molecule has 0 radical (unpaired) electrons. The number of rotatable bonds is 4. The maximum Gasteiger partial charge on any atom is 0.195 e. The first-order chi connectivity index (χ1) is 10.5. The van der Waals surface area contributed by atoms with Crippen molar-refractivity contribution in [1.82, 2.24) is 19.7 Å². The van der Waals surface area contributed by atoms with E-state index in [1.807, 2.05) is 0 Å². The average molecular weight is 324 g/mol. The normalized spacial score (nSPS) is 16.6. The molecule has 22 heavy (non-hydrogen) atoms. The number of aryl methyl sites for hydroxylation is 1. The zero-order chi connectivity index (χ0) is 16.1. The van der Waals surface area contributed by atoms with Gasteiger partial charge in [-0.15, -0.1) is 11.3 Å². The number of hydrogen-bond acceptors (Lipinski definition) is 4. The topological polar surface area (TPSA) is 35.0 Å². The summed E-state index contributed by atoms with van der Waals surface area (Å²) in [6.45, 7) is 6.34. The first-order valence-electron chi connectivity index (χ1n) is 7.98. The van der Waals surface area contributed by atoms with Crippen LogP contribution in [-0.4, -0.2) is 73.5 Å². The summed E-state index contributed by atoms with van der Waals surface area (Å²) in [7, 11) is 8.21. The van der Waals surface area contributed by atoms with Gasteiger partial charge in [0.1, 0.15) is 0 Å². The summed E-state index contributed by atoms with van der Waals surface area (Å²) >= 11 is 1.75. The number of piperidine rings is 1. The third kappa shape index (κ3) is 4.95. The summed E-state index contributed by atoms with van der Waals surface area (Å²) in [6.07, 6.45) is 2.47. The zero-order valence-corrected chi connectivity index (χ0v) is 15.4. The molecule has 2 heterocycles. The average Bonchev–Trinajstić information content (AvgIpc) is 2.85. The second-order valence-corrected chi connectivity index (χ2v) is 7.57. The standard InChI is InChI=1S/C16H29N5S/c1-13-18-15(12-22-13)11-21-8-6-14(7-9-21)10-17-16(19(2)3)20(4)5/h12,14H,6-11H2,1-5H3. The van der Waals surface area contributed by atoms with Crippen molar-refractivity contribution in [2.75, 3.05) is 47.8 Å². The van der Waals surface area contributed by atoms with Crippen LogP contribution in [0.3, 0.4) is 0 Å². The maximum atomic E-state index is 4.80. The van der Waals surface area contributed by atoms with Gasteiger partial charge in [-0.25, -0.2) is 4.98 Å². The van der Waals surface area contributed by atoms with Crippen molar-refractivity contribution in [1.29, 1.82) is 0 Å². The largest absolute Gasteiger partial charge is 0.349 e. The van der Waals surface area contributed by atoms with Crippen molar-refractivity contribution in [3.8, 4) is 0 Å². The number of nitrogens with zero attached hydrogens (tertiary/aromatic N) is 5. The highest BCUT2D eigenvalue weighted by atomic mass is 32.1. The van der Waals surface area contributed by atoms with E-state index in [0.29, 0.717) is 5.92 Å². The lowest BCUT2D eigenvalue weighted by atomic mass is 9.97. The first-order valence-corrected chi connectivity index (χ1v) is 8.86. The highest BCUT2D eigenvalue weighted by molar-refractivity contribution is 7.09. The second kappa shape index (κ2) is 7.92. The van der Waals surface area contributed by atoms with Crippen molar-refractivity contribution in [3.05, 3.63) is 16.1 Å². The van der Waals surface area contributed by atoms with Crippen molar-refractivity contribution in [2.45, 2.75) is 26.3 Å². The summed E-state index contributed by atoms with van der Waals surface area (Å²) < 4.78 is 0. The molecular weight excluding hydrogens is 294 g/mol. The Labute approximate surface area is 138 Å². The number of thiazole rings is 1. The van der Waals surface area contributed by atoms with E-state index in [2.05, 4.69) is 60.2 Å². The predicted molar refractivity (Wildman–Crippen MR) is 94.5 cm³/mol. The van der Waals surface area contributed by atoms with E-state index < -0.39 is 0 Å². The molecule has 6 heteroatoms. The molecule has 1 aromatic heterocycles. The number of aromatic nitrogens is 1. The minimum Gasteiger partial charge on any atom is -0.349 e. The molecule has 0 amide bonds. The highest BCUT2D eigenvalue weighted by Crippen LogP contribution is 2.20. The smallest absolute Gasteiger partial charge is 0.195 e. The summed E-state index contributed by atoms with van der Waals surface area (Å²) in [5.74, 6) is 1.77. The van der Waals surface area contributed by atoms with Crippen LogP contribution in [0.15, 0.2) is 10.4 Å². The fourth-order valence-corrected chi connectivity index (χ4v) is 3.53.